The van der Waals surface area contributed by atoms with Crippen molar-refractivity contribution in [2.75, 3.05) is 6.54 Å². The fourth-order valence-electron chi connectivity index (χ4n) is 2.15. The summed E-state index contributed by atoms with van der Waals surface area (Å²) in [4.78, 5) is 11.6. The van der Waals surface area contributed by atoms with Gasteiger partial charge in [-0.05, 0) is 23.3 Å². The van der Waals surface area contributed by atoms with Gasteiger partial charge in [0.15, 0.2) is 0 Å². The molecule has 0 radical (unpaired) electrons. The third-order valence-corrected chi connectivity index (χ3v) is 3.04. The van der Waals surface area contributed by atoms with Crippen LogP contribution in [-0.4, -0.2) is 12.5 Å². The molecule has 3 N–H and O–H groups in total. The predicted molar refractivity (Wildman–Crippen MR) is 81.4 cm³/mol. The Morgan fingerprint density at radius 3 is 2.63 bits per heavy atom. The largest absolute Gasteiger partial charge is 0.350 e. The molecule has 4 heteroatoms. The van der Waals surface area contributed by atoms with Crippen molar-refractivity contribution in [3.05, 3.63) is 48.0 Å². The highest BCUT2D eigenvalue weighted by molar-refractivity contribution is 5.87. The first kappa shape index (κ1) is 15.5. The van der Waals surface area contributed by atoms with Crippen LogP contribution in [0.1, 0.15) is 24.9 Å². The van der Waals surface area contributed by atoms with Crippen molar-refractivity contribution < 1.29 is 4.79 Å². The van der Waals surface area contributed by atoms with Crippen molar-refractivity contribution in [2.24, 2.45) is 5.73 Å². The molecule has 0 spiro atoms. The molecule has 2 rings (SSSR count). The highest BCUT2D eigenvalue weighted by Gasteiger charge is 2.11. The highest BCUT2D eigenvalue weighted by atomic mass is 35.5. The van der Waals surface area contributed by atoms with Crippen molar-refractivity contribution in [1.29, 1.82) is 0 Å². The smallest absolute Gasteiger partial charge is 0.221 e. The van der Waals surface area contributed by atoms with E-state index < -0.39 is 0 Å². The Balaban J connectivity index is 0.00000180. The van der Waals surface area contributed by atoms with Crippen LogP contribution in [0.2, 0.25) is 0 Å². The monoisotopic (exact) mass is 278 g/mol. The van der Waals surface area contributed by atoms with E-state index in [0.29, 0.717) is 13.0 Å². The summed E-state index contributed by atoms with van der Waals surface area (Å²) in [6.45, 7) is 2.38. The van der Waals surface area contributed by atoms with Gasteiger partial charge in [0, 0.05) is 13.0 Å². The Hall–Kier alpha value is -1.58. The maximum Gasteiger partial charge on any atom is 0.221 e. The second-order valence-electron chi connectivity index (χ2n) is 4.40. The molecule has 0 fully saturated rings. The topological polar surface area (TPSA) is 55.1 Å². The van der Waals surface area contributed by atoms with E-state index in [-0.39, 0.29) is 24.4 Å². The van der Waals surface area contributed by atoms with Crippen LogP contribution in [0.4, 0.5) is 0 Å². The summed E-state index contributed by atoms with van der Waals surface area (Å²) in [5.41, 5.74) is 6.51. The van der Waals surface area contributed by atoms with Crippen LogP contribution >= 0.6 is 12.4 Å². The summed E-state index contributed by atoms with van der Waals surface area (Å²) in [5, 5.41) is 5.34. The van der Waals surface area contributed by atoms with Crippen LogP contribution < -0.4 is 11.1 Å². The van der Waals surface area contributed by atoms with Gasteiger partial charge in [-0.1, -0.05) is 42.5 Å². The molecular weight excluding hydrogens is 260 g/mol. The lowest BCUT2D eigenvalue weighted by Gasteiger charge is -2.16. The normalized spacial score (nSPS) is 11.7. The fourth-order valence-corrected chi connectivity index (χ4v) is 2.15. The van der Waals surface area contributed by atoms with E-state index in [1.54, 1.807) is 0 Å². The summed E-state index contributed by atoms with van der Waals surface area (Å²) < 4.78 is 0. The fraction of sp³-hybridized carbons (Fsp3) is 0.267. The van der Waals surface area contributed by atoms with Gasteiger partial charge in [0.25, 0.3) is 0 Å². The van der Waals surface area contributed by atoms with E-state index in [1.165, 1.54) is 10.8 Å². The molecule has 0 saturated carbocycles. The number of fused-ring (bicyclic) bond motifs is 1. The van der Waals surface area contributed by atoms with Crippen LogP contribution in [0.3, 0.4) is 0 Å². The summed E-state index contributed by atoms with van der Waals surface area (Å²) in [5.74, 6) is -0.00191. The van der Waals surface area contributed by atoms with Crippen molar-refractivity contribution in [3.8, 4) is 0 Å². The molecule has 0 aliphatic heterocycles. The number of carbonyl (C=O) groups excluding carboxylic acids is 1. The van der Waals surface area contributed by atoms with Gasteiger partial charge in [-0.2, -0.15) is 0 Å². The average Bonchev–Trinajstić information content (AvgIpc) is 2.38. The third kappa shape index (κ3) is 3.69. The van der Waals surface area contributed by atoms with E-state index in [0.717, 1.165) is 5.56 Å². The summed E-state index contributed by atoms with van der Waals surface area (Å²) in [6.07, 6.45) is 0.370. The molecule has 2 aromatic rings. The van der Waals surface area contributed by atoms with E-state index in [4.69, 9.17) is 5.73 Å². The van der Waals surface area contributed by atoms with Crippen molar-refractivity contribution in [1.82, 2.24) is 5.32 Å². The number of hydrogen-bond acceptors (Lipinski definition) is 2. The number of amides is 1. The Labute approximate surface area is 119 Å². The Kier molecular flexibility index (Phi) is 5.80. The minimum Gasteiger partial charge on any atom is -0.350 e. The molecule has 0 bridgehead atoms. The van der Waals surface area contributed by atoms with E-state index in [2.05, 4.69) is 29.6 Å². The van der Waals surface area contributed by atoms with Crippen LogP contribution in [0.5, 0.6) is 0 Å². The van der Waals surface area contributed by atoms with Crippen molar-refractivity contribution >= 4 is 29.1 Å². The van der Waals surface area contributed by atoms with Crippen molar-refractivity contribution in [3.63, 3.8) is 0 Å². The standard InChI is InChI=1S/C15H18N2O.ClH/c1-11(17-15(18)9-10-16)13-8-4-6-12-5-2-3-7-14(12)13;/h2-8,11H,9-10,16H2,1H3,(H,17,18);1H. The van der Waals surface area contributed by atoms with Gasteiger partial charge in [-0.25, -0.2) is 0 Å². The molecule has 2 aromatic carbocycles. The molecule has 102 valence electrons. The molecule has 0 saturated heterocycles. The van der Waals surface area contributed by atoms with Gasteiger partial charge >= 0.3 is 0 Å². The van der Waals surface area contributed by atoms with Crippen molar-refractivity contribution in [2.45, 2.75) is 19.4 Å². The van der Waals surface area contributed by atoms with Gasteiger partial charge < -0.3 is 11.1 Å². The zero-order chi connectivity index (χ0) is 13.0. The third-order valence-electron chi connectivity index (χ3n) is 3.04. The first-order valence-corrected chi connectivity index (χ1v) is 6.19. The number of hydrogen-bond donors (Lipinski definition) is 2. The van der Waals surface area contributed by atoms with Crippen LogP contribution in [0.25, 0.3) is 10.8 Å². The lowest BCUT2D eigenvalue weighted by Crippen LogP contribution is -2.28. The van der Waals surface area contributed by atoms with Crippen LogP contribution in [-0.2, 0) is 4.79 Å². The number of rotatable bonds is 4. The highest BCUT2D eigenvalue weighted by Crippen LogP contribution is 2.23. The number of benzene rings is 2. The maximum atomic E-state index is 11.6. The van der Waals surface area contributed by atoms with Gasteiger partial charge in [0.05, 0.1) is 6.04 Å². The van der Waals surface area contributed by atoms with Gasteiger partial charge in [0.2, 0.25) is 5.91 Å². The molecule has 1 atom stereocenters. The molecule has 0 heterocycles. The summed E-state index contributed by atoms with van der Waals surface area (Å²) in [7, 11) is 0. The quantitative estimate of drug-likeness (QED) is 0.904. The molecule has 0 aromatic heterocycles. The van der Waals surface area contributed by atoms with E-state index in [1.807, 2.05) is 25.1 Å². The first-order chi connectivity index (χ1) is 8.72. The SMILES string of the molecule is CC(NC(=O)CCN)c1cccc2ccccc12.Cl. The second kappa shape index (κ2) is 7.12. The molecule has 1 unspecified atom stereocenters. The first-order valence-electron chi connectivity index (χ1n) is 6.19. The Bertz CT molecular complexity index is 551. The minimum absolute atomic E-state index is 0. The number of halogens is 1. The number of nitrogens with one attached hydrogen (secondary N) is 1. The molecule has 1 amide bonds. The lowest BCUT2D eigenvalue weighted by atomic mass is 9.99. The number of carbonyl (C=O) groups is 1. The average molecular weight is 279 g/mol. The number of nitrogens with two attached hydrogens (primary N) is 1. The van der Waals surface area contributed by atoms with E-state index >= 15 is 0 Å². The molecule has 19 heavy (non-hydrogen) atoms. The molecule has 3 nitrogen and oxygen atoms in total. The zero-order valence-corrected chi connectivity index (χ0v) is 11.7. The summed E-state index contributed by atoms with van der Waals surface area (Å²) in [6, 6.07) is 14.3. The summed E-state index contributed by atoms with van der Waals surface area (Å²) >= 11 is 0. The van der Waals surface area contributed by atoms with Crippen LogP contribution in [0.15, 0.2) is 42.5 Å². The molecule has 0 aliphatic carbocycles. The Morgan fingerprint density at radius 2 is 1.89 bits per heavy atom. The van der Waals surface area contributed by atoms with Gasteiger partial charge in [-0.15, -0.1) is 12.4 Å². The minimum atomic E-state index is -0.00449. The molecular formula is C15H19ClN2O. The second-order valence-corrected chi connectivity index (χ2v) is 4.40. The lowest BCUT2D eigenvalue weighted by molar-refractivity contribution is -0.121. The maximum absolute atomic E-state index is 11.6. The van der Waals surface area contributed by atoms with Gasteiger partial charge in [-0.3, -0.25) is 4.79 Å². The predicted octanol–water partition coefficient (Wildman–Crippen LogP) is 2.79. The Morgan fingerprint density at radius 1 is 1.21 bits per heavy atom. The van der Waals surface area contributed by atoms with Crippen LogP contribution in [0, 0.1) is 0 Å². The molecule has 0 aliphatic rings. The zero-order valence-electron chi connectivity index (χ0n) is 10.9. The van der Waals surface area contributed by atoms with Gasteiger partial charge in [0.1, 0.15) is 0 Å². The van der Waals surface area contributed by atoms with E-state index in [9.17, 15) is 4.79 Å².